The van der Waals surface area contributed by atoms with Crippen molar-refractivity contribution in [2.75, 3.05) is 24.5 Å². The maximum atomic E-state index is 12.1. The first-order chi connectivity index (χ1) is 11.1. The van der Waals surface area contributed by atoms with Gasteiger partial charge in [0.25, 0.3) is 5.91 Å². The number of nitrogens with zero attached hydrogens (tertiary/aromatic N) is 4. The third-order valence-corrected chi connectivity index (χ3v) is 3.96. The molecular formula is C15H19N5O3. The van der Waals surface area contributed by atoms with Gasteiger partial charge in [0.15, 0.2) is 6.39 Å². The Labute approximate surface area is 133 Å². The van der Waals surface area contributed by atoms with Gasteiger partial charge < -0.3 is 19.7 Å². The van der Waals surface area contributed by atoms with E-state index in [-0.39, 0.29) is 18.2 Å². The third-order valence-electron chi connectivity index (χ3n) is 3.96. The van der Waals surface area contributed by atoms with Crippen molar-refractivity contribution in [1.82, 2.24) is 20.3 Å². The summed E-state index contributed by atoms with van der Waals surface area (Å²) < 4.78 is 5.06. The first-order valence-corrected chi connectivity index (χ1v) is 7.49. The van der Waals surface area contributed by atoms with Crippen molar-refractivity contribution in [3.63, 3.8) is 0 Å². The zero-order chi connectivity index (χ0) is 16.3. The molecule has 2 N–H and O–H groups in total. The van der Waals surface area contributed by atoms with Gasteiger partial charge >= 0.3 is 0 Å². The van der Waals surface area contributed by atoms with E-state index in [4.69, 9.17) is 4.42 Å². The Bertz CT molecular complexity index is 675. The Morgan fingerprint density at radius 1 is 1.48 bits per heavy atom. The molecule has 3 heterocycles. The summed E-state index contributed by atoms with van der Waals surface area (Å²) in [6.07, 6.45) is 7.55. The maximum absolute atomic E-state index is 12.1. The van der Waals surface area contributed by atoms with Crippen LogP contribution in [-0.2, 0) is 0 Å². The number of β-amino-alcohol motifs (C(OH)–C–C–N with tert-alkyl or cyclic N) is 1. The topological polar surface area (TPSA) is 104 Å². The smallest absolute Gasteiger partial charge is 0.289 e. The number of carbonyl (C=O) groups is 1. The molecule has 3 rings (SSSR count). The highest BCUT2D eigenvalue weighted by atomic mass is 16.3. The van der Waals surface area contributed by atoms with E-state index in [2.05, 4.69) is 20.3 Å². The lowest BCUT2D eigenvalue weighted by Gasteiger charge is -2.39. The van der Waals surface area contributed by atoms with Crippen molar-refractivity contribution in [1.29, 1.82) is 0 Å². The molecule has 1 fully saturated rings. The predicted octanol–water partition coefficient (Wildman–Crippen LogP) is 0.534. The molecule has 122 valence electrons. The second-order valence-corrected chi connectivity index (χ2v) is 5.76. The molecule has 8 heteroatoms. The molecular weight excluding hydrogens is 298 g/mol. The van der Waals surface area contributed by atoms with E-state index in [1.54, 1.807) is 25.5 Å². The van der Waals surface area contributed by atoms with Gasteiger partial charge in [0, 0.05) is 32.0 Å². The number of carbonyl (C=O) groups excluding carboxylic acids is 1. The average molecular weight is 317 g/mol. The molecule has 1 atom stereocenters. The summed E-state index contributed by atoms with van der Waals surface area (Å²) in [5.41, 5.74) is -0.487. The standard InChI is InChI=1S/C15H19N5O3/c1-11-13(23-10-19-11)14(21)18-8-15(22)3-2-6-20(9-15)12-7-16-4-5-17-12/h4-5,7,10,22H,2-3,6,8-9H2,1H3,(H,18,21)/t15-/m0/s1. The molecule has 23 heavy (non-hydrogen) atoms. The first-order valence-electron chi connectivity index (χ1n) is 7.49. The molecule has 0 unspecified atom stereocenters. The molecule has 8 nitrogen and oxygen atoms in total. The number of rotatable bonds is 4. The van der Waals surface area contributed by atoms with E-state index < -0.39 is 5.60 Å². The van der Waals surface area contributed by atoms with Crippen LogP contribution in [0, 0.1) is 6.92 Å². The van der Waals surface area contributed by atoms with Gasteiger partial charge in [0.05, 0.1) is 17.5 Å². The Morgan fingerprint density at radius 2 is 2.35 bits per heavy atom. The molecule has 0 aliphatic carbocycles. The first kappa shape index (κ1) is 15.4. The number of hydrogen-bond acceptors (Lipinski definition) is 7. The maximum Gasteiger partial charge on any atom is 0.289 e. The lowest BCUT2D eigenvalue weighted by atomic mass is 9.92. The number of anilines is 1. The Hall–Kier alpha value is -2.48. The van der Waals surface area contributed by atoms with E-state index >= 15 is 0 Å². The Balaban J connectivity index is 1.62. The molecule has 0 spiro atoms. The molecule has 0 aromatic carbocycles. The lowest BCUT2D eigenvalue weighted by Crippen LogP contribution is -2.54. The number of oxazole rings is 1. The summed E-state index contributed by atoms with van der Waals surface area (Å²) in [6.45, 7) is 3.03. The van der Waals surface area contributed by atoms with E-state index in [0.29, 0.717) is 18.7 Å². The third kappa shape index (κ3) is 3.48. The fourth-order valence-electron chi connectivity index (χ4n) is 2.75. The van der Waals surface area contributed by atoms with Crippen LogP contribution < -0.4 is 10.2 Å². The van der Waals surface area contributed by atoms with Crippen LogP contribution in [0.5, 0.6) is 0 Å². The zero-order valence-corrected chi connectivity index (χ0v) is 12.9. The van der Waals surface area contributed by atoms with Crippen LogP contribution in [0.25, 0.3) is 0 Å². The monoisotopic (exact) mass is 317 g/mol. The van der Waals surface area contributed by atoms with Crippen molar-refractivity contribution in [3.05, 3.63) is 36.4 Å². The number of amides is 1. The zero-order valence-electron chi connectivity index (χ0n) is 12.9. The highest BCUT2D eigenvalue weighted by molar-refractivity contribution is 5.92. The number of aryl methyl sites for hydroxylation is 1. The number of aromatic nitrogens is 3. The lowest BCUT2D eigenvalue weighted by molar-refractivity contribution is 0.0250. The van der Waals surface area contributed by atoms with Crippen molar-refractivity contribution in [2.24, 2.45) is 0 Å². The van der Waals surface area contributed by atoms with Gasteiger partial charge in [-0.05, 0) is 19.8 Å². The average Bonchev–Trinajstić information content (AvgIpc) is 3.00. The summed E-state index contributed by atoms with van der Waals surface area (Å²) in [7, 11) is 0. The number of hydrogen-bond donors (Lipinski definition) is 2. The number of piperidine rings is 1. The number of nitrogens with one attached hydrogen (secondary N) is 1. The van der Waals surface area contributed by atoms with Gasteiger partial charge in [-0.2, -0.15) is 0 Å². The minimum absolute atomic E-state index is 0.142. The van der Waals surface area contributed by atoms with Crippen LogP contribution in [0.4, 0.5) is 5.82 Å². The second-order valence-electron chi connectivity index (χ2n) is 5.76. The van der Waals surface area contributed by atoms with Crippen molar-refractivity contribution in [3.8, 4) is 0 Å². The SMILES string of the molecule is Cc1ncoc1C(=O)NC[C@@]1(O)CCCN(c2cnccn2)C1. The highest BCUT2D eigenvalue weighted by Gasteiger charge is 2.34. The van der Waals surface area contributed by atoms with Crippen LogP contribution in [-0.4, -0.2) is 51.2 Å². The van der Waals surface area contributed by atoms with Gasteiger partial charge in [-0.15, -0.1) is 0 Å². The normalized spacial score (nSPS) is 21.2. The van der Waals surface area contributed by atoms with E-state index in [1.165, 1.54) is 6.39 Å². The second kappa shape index (κ2) is 6.33. The molecule has 1 aliphatic heterocycles. The van der Waals surface area contributed by atoms with E-state index in [0.717, 1.165) is 18.8 Å². The van der Waals surface area contributed by atoms with Crippen LogP contribution in [0.1, 0.15) is 29.1 Å². The fourth-order valence-corrected chi connectivity index (χ4v) is 2.75. The summed E-state index contributed by atoms with van der Waals surface area (Å²) in [4.78, 5) is 26.2. The molecule has 1 aliphatic rings. The quantitative estimate of drug-likeness (QED) is 0.847. The number of aliphatic hydroxyl groups is 1. The summed E-state index contributed by atoms with van der Waals surface area (Å²) in [5, 5.41) is 13.5. The van der Waals surface area contributed by atoms with Gasteiger partial charge in [0.1, 0.15) is 5.82 Å². The molecule has 2 aromatic rings. The minimum atomic E-state index is -1.01. The fraction of sp³-hybridized carbons (Fsp3) is 0.467. The molecule has 0 bridgehead atoms. The molecule has 2 aromatic heterocycles. The van der Waals surface area contributed by atoms with Crippen molar-refractivity contribution >= 4 is 11.7 Å². The largest absolute Gasteiger partial charge is 0.438 e. The highest BCUT2D eigenvalue weighted by Crippen LogP contribution is 2.24. The van der Waals surface area contributed by atoms with Crippen LogP contribution >= 0.6 is 0 Å². The molecule has 1 amide bonds. The van der Waals surface area contributed by atoms with E-state index in [1.807, 2.05) is 4.90 Å². The van der Waals surface area contributed by atoms with Crippen LogP contribution in [0.2, 0.25) is 0 Å². The van der Waals surface area contributed by atoms with Crippen molar-refractivity contribution in [2.45, 2.75) is 25.4 Å². The summed E-state index contributed by atoms with van der Waals surface area (Å²) >= 11 is 0. The van der Waals surface area contributed by atoms with Gasteiger partial charge in [-0.3, -0.25) is 9.78 Å². The van der Waals surface area contributed by atoms with Gasteiger partial charge in [-0.1, -0.05) is 0 Å². The van der Waals surface area contributed by atoms with E-state index in [9.17, 15) is 9.90 Å². The Morgan fingerprint density at radius 3 is 3.04 bits per heavy atom. The summed E-state index contributed by atoms with van der Waals surface area (Å²) in [6, 6.07) is 0. The van der Waals surface area contributed by atoms with Crippen molar-refractivity contribution < 1.29 is 14.3 Å². The molecule has 0 radical (unpaired) electrons. The summed E-state index contributed by atoms with van der Waals surface area (Å²) in [5.74, 6) is 0.531. The minimum Gasteiger partial charge on any atom is -0.438 e. The molecule has 1 saturated heterocycles. The van der Waals surface area contributed by atoms with Gasteiger partial charge in [0.2, 0.25) is 5.76 Å². The van der Waals surface area contributed by atoms with Crippen LogP contribution in [0.3, 0.4) is 0 Å². The predicted molar refractivity (Wildman–Crippen MR) is 82.0 cm³/mol. The Kier molecular flexibility index (Phi) is 4.24. The van der Waals surface area contributed by atoms with Crippen LogP contribution in [0.15, 0.2) is 29.4 Å². The molecule has 0 saturated carbocycles. The van der Waals surface area contributed by atoms with Gasteiger partial charge in [-0.25, -0.2) is 9.97 Å².